The summed E-state index contributed by atoms with van der Waals surface area (Å²) >= 11 is 0. The maximum Gasteiger partial charge on any atom is 0.371 e. The fourth-order valence-corrected chi connectivity index (χ4v) is 1.80. The third-order valence-electron chi connectivity index (χ3n) is 2.96. The van der Waals surface area contributed by atoms with Crippen LogP contribution < -0.4 is 5.73 Å². The van der Waals surface area contributed by atoms with E-state index in [1.807, 2.05) is 0 Å². The fourth-order valence-electron chi connectivity index (χ4n) is 1.80. The predicted molar refractivity (Wildman–Crippen MR) is 71.1 cm³/mol. The number of hydrogen-bond acceptors (Lipinski definition) is 5. The van der Waals surface area contributed by atoms with E-state index in [0.717, 1.165) is 0 Å². The number of nitrogens with two attached hydrogens (primary N) is 1. The molecule has 0 fully saturated rings. The quantitative estimate of drug-likeness (QED) is 0.647. The summed E-state index contributed by atoms with van der Waals surface area (Å²) in [6.45, 7) is -0.0386. The smallest absolute Gasteiger partial charge is 0.371 e. The van der Waals surface area contributed by atoms with Gasteiger partial charge in [0.05, 0.1) is 6.10 Å². The first-order valence-corrected chi connectivity index (χ1v) is 6.02. The molecule has 6 heteroatoms. The third kappa shape index (κ3) is 2.88. The first-order valence-electron chi connectivity index (χ1n) is 6.02. The van der Waals surface area contributed by atoms with Crippen molar-refractivity contribution in [3.8, 4) is 11.3 Å². The van der Waals surface area contributed by atoms with Gasteiger partial charge in [0.15, 0.2) is 0 Å². The van der Waals surface area contributed by atoms with Gasteiger partial charge in [0.2, 0.25) is 5.76 Å². The van der Waals surface area contributed by atoms with Crippen molar-refractivity contribution < 1.29 is 24.5 Å². The van der Waals surface area contributed by atoms with Crippen LogP contribution in [0.2, 0.25) is 0 Å². The number of furan rings is 1. The molecule has 0 aliphatic heterocycles. The Balaban J connectivity index is 2.21. The molecule has 2 atom stereocenters. The molecule has 0 spiro atoms. The van der Waals surface area contributed by atoms with Gasteiger partial charge in [0.25, 0.3) is 0 Å². The van der Waals surface area contributed by atoms with E-state index in [-0.39, 0.29) is 12.3 Å². The lowest BCUT2D eigenvalue weighted by molar-refractivity contribution is 0.0243. The molecule has 1 heterocycles. The number of carboxylic acids is 1. The van der Waals surface area contributed by atoms with Crippen molar-refractivity contribution in [1.82, 2.24) is 0 Å². The molecule has 2 unspecified atom stereocenters. The van der Waals surface area contributed by atoms with Crippen molar-refractivity contribution in [2.75, 3.05) is 6.54 Å². The normalized spacial score (nSPS) is 13.9. The van der Waals surface area contributed by atoms with Crippen molar-refractivity contribution in [1.29, 1.82) is 0 Å². The maximum atomic E-state index is 10.7. The van der Waals surface area contributed by atoms with Crippen LogP contribution in [0.3, 0.4) is 0 Å². The van der Waals surface area contributed by atoms with Crippen LogP contribution in [0.15, 0.2) is 40.8 Å². The summed E-state index contributed by atoms with van der Waals surface area (Å²) in [4.78, 5) is 10.7. The Kier molecular flexibility index (Phi) is 4.19. The molecule has 0 aliphatic carbocycles. The lowest BCUT2D eigenvalue weighted by atomic mass is 10.0. The van der Waals surface area contributed by atoms with Gasteiger partial charge in [-0.2, -0.15) is 0 Å². The fraction of sp³-hybridized carbons (Fsp3) is 0.214. The first-order chi connectivity index (χ1) is 9.52. The van der Waals surface area contributed by atoms with Crippen LogP contribution in [0, 0.1) is 0 Å². The first kappa shape index (κ1) is 14.3. The maximum absolute atomic E-state index is 10.7. The Labute approximate surface area is 115 Å². The minimum absolute atomic E-state index is 0.0386. The lowest BCUT2D eigenvalue weighted by Gasteiger charge is -2.16. The number of aliphatic hydroxyl groups is 2. The summed E-state index contributed by atoms with van der Waals surface area (Å²) in [5.41, 5.74) is 6.48. The topological polar surface area (TPSA) is 117 Å². The Hall–Kier alpha value is -2.15. The molecule has 20 heavy (non-hydrogen) atoms. The van der Waals surface area contributed by atoms with Crippen LogP contribution in [-0.2, 0) is 0 Å². The van der Waals surface area contributed by atoms with E-state index < -0.39 is 18.2 Å². The van der Waals surface area contributed by atoms with Gasteiger partial charge in [-0.05, 0) is 17.7 Å². The van der Waals surface area contributed by atoms with E-state index in [1.165, 1.54) is 6.07 Å². The molecule has 0 saturated heterocycles. The van der Waals surface area contributed by atoms with E-state index in [0.29, 0.717) is 16.9 Å². The summed E-state index contributed by atoms with van der Waals surface area (Å²) in [5.74, 6) is -0.847. The van der Waals surface area contributed by atoms with E-state index in [9.17, 15) is 15.0 Å². The van der Waals surface area contributed by atoms with Crippen molar-refractivity contribution >= 4 is 5.97 Å². The second kappa shape index (κ2) is 5.87. The van der Waals surface area contributed by atoms with Gasteiger partial charge >= 0.3 is 5.97 Å². The minimum atomic E-state index is -1.13. The van der Waals surface area contributed by atoms with Crippen LogP contribution in [0.5, 0.6) is 0 Å². The SMILES string of the molecule is NCC(O)C(O)c1ccc(-c2ccc(C(=O)O)o2)cc1. The number of carboxylic acid groups (broad SMARTS) is 1. The molecular weight excluding hydrogens is 262 g/mol. The van der Waals surface area contributed by atoms with Gasteiger partial charge in [0, 0.05) is 12.1 Å². The third-order valence-corrected chi connectivity index (χ3v) is 2.96. The highest BCUT2D eigenvalue weighted by atomic mass is 16.4. The minimum Gasteiger partial charge on any atom is -0.475 e. The molecule has 0 amide bonds. The van der Waals surface area contributed by atoms with Gasteiger partial charge in [-0.25, -0.2) is 4.79 Å². The molecule has 106 valence electrons. The summed E-state index contributed by atoms with van der Waals surface area (Å²) in [7, 11) is 0. The van der Waals surface area contributed by atoms with Crippen LogP contribution in [0.25, 0.3) is 11.3 Å². The predicted octanol–water partition coefficient (Wildman–Crippen LogP) is 0.998. The Bertz CT molecular complexity index is 590. The summed E-state index contributed by atoms with van der Waals surface area (Å²) in [6.07, 6.45) is -2.08. The van der Waals surface area contributed by atoms with Gasteiger partial charge in [0.1, 0.15) is 11.9 Å². The van der Waals surface area contributed by atoms with Crippen LogP contribution in [0.1, 0.15) is 22.2 Å². The molecule has 0 saturated carbocycles. The van der Waals surface area contributed by atoms with Crippen molar-refractivity contribution in [2.45, 2.75) is 12.2 Å². The van der Waals surface area contributed by atoms with E-state index in [4.69, 9.17) is 15.3 Å². The van der Waals surface area contributed by atoms with Gasteiger partial charge in [-0.15, -0.1) is 0 Å². The highest BCUT2D eigenvalue weighted by molar-refractivity contribution is 5.85. The van der Waals surface area contributed by atoms with Crippen molar-refractivity contribution in [3.05, 3.63) is 47.7 Å². The highest BCUT2D eigenvalue weighted by Gasteiger charge is 2.17. The number of hydrogen-bond donors (Lipinski definition) is 4. The summed E-state index contributed by atoms with van der Waals surface area (Å²) < 4.78 is 5.17. The Morgan fingerprint density at radius 2 is 1.80 bits per heavy atom. The standard InChI is InChI=1S/C14H15NO5/c15-7-10(16)13(17)9-3-1-8(2-4-9)11-5-6-12(20-11)14(18)19/h1-6,10,13,16-17H,7,15H2,(H,18,19). The van der Waals surface area contributed by atoms with Crippen LogP contribution >= 0.6 is 0 Å². The Morgan fingerprint density at radius 1 is 1.15 bits per heavy atom. The number of rotatable bonds is 5. The largest absolute Gasteiger partial charge is 0.475 e. The van der Waals surface area contributed by atoms with Gasteiger partial charge in [-0.1, -0.05) is 24.3 Å². The molecule has 0 aliphatic rings. The monoisotopic (exact) mass is 277 g/mol. The van der Waals surface area contributed by atoms with Crippen molar-refractivity contribution in [2.24, 2.45) is 5.73 Å². The molecule has 1 aromatic heterocycles. The van der Waals surface area contributed by atoms with Crippen LogP contribution in [-0.4, -0.2) is 33.9 Å². The zero-order valence-corrected chi connectivity index (χ0v) is 10.6. The molecule has 2 aromatic rings. The second-order valence-electron chi connectivity index (χ2n) is 4.34. The van der Waals surface area contributed by atoms with Crippen molar-refractivity contribution in [3.63, 3.8) is 0 Å². The average Bonchev–Trinajstić information content (AvgIpc) is 2.96. The highest BCUT2D eigenvalue weighted by Crippen LogP contribution is 2.25. The Morgan fingerprint density at radius 3 is 2.30 bits per heavy atom. The van der Waals surface area contributed by atoms with Gasteiger partial charge in [-0.3, -0.25) is 0 Å². The number of carbonyl (C=O) groups is 1. The molecule has 0 radical (unpaired) electrons. The summed E-state index contributed by atoms with van der Waals surface area (Å²) in [6, 6.07) is 9.53. The zero-order chi connectivity index (χ0) is 14.7. The van der Waals surface area contributed by atoms with E-state index in [1.54, 1.807) is 30.3 Å². The molecule has 6 nitrogen and oxygen atoms in total. The molecule has 0 bridgehead atoms. The molecule has 1 aromatic carbocycles. The number of aromatic carboxylic acids is 1. The average molecular weight is 277 g/mol. The summed E-state index contributed by atoms with van der Waals surface area (Å²) in [5, 5.41) is 28.1. The van der Waals surface area contributed by atoms with E-state index in [2.05, 4.69) is 0 Å². The zero-order valence-electron chi connectivity index (χ0n) is 10.6. The molecule has 5 N–H and O–H groups in total. The lowest BCUT2D eigenvalue weighted by Crippen LogP contribution is -2.27. The molecule has 2 rings (SSSR count). The second-order valence-corrected chi connectivity index (χ2v) is 4.34. The number of aliphatic hydroxyl groups excluding tert-OH is 2. The van der Waals surface area contributed by atoms with E-state index >= 15 is 0 Å². The number of benzene rings is 1. The van der Waals surface area contributed by atoms with Gasteiger partial charge < -0.3 is 25.5 Å². The van der Waals surface area contributed by atoms with Crippen LogP contribution in [0.4, 0.5) is 0 Å². The molecular formula is C14H15NO5.